The van der Waals surface area contributed by atoms with E-state index in [1.165, 1.54) is 7.11 Å². The van der Waals surface area contributed by atoms with Crippen LogP contribution in [-0.2, 0) is 0 Å². The van der Waals surface area contributed by atoms with Crippen LogP contribution < -0.4 is 4.74 Å². The largest absolute Gasteiger partial charge is 0.507 e. The molecule has 0 aliphatic rings. The third-order valence-electron chi connectivity index (χ3n) is 2.75. The highest BCUT2D eigenvalue weighted by atomic mass is 35.5. The van der Waals surface area contributed by atoms with Gasteiger partial charge in [0.05, 0.1) is 7.11 Å². The van der Waals surface area contributed by atoms with Gasteiger partial charge in [0, 0.05) is 12.0 Å². The van der Waals surface area contributed by atoms with Crippen molar-refractivity contribution in [1.29, 1.82) is 0 Å². The maximum Gasteiger partial charge on any atom is 0.170 e. The molecular weight excluding hydrogens is 268 g/mol. The van der Waals surface area contributed by atoms with Crippen LogP contribution in [0, 0.1) is 12.3 Å². The van der Waals surface area contributed by atoms with Crippen LogP contribution in [0.15, 0.2) is 0 Å². The number of carbonyl (C=O) groups excluding carboxylic acids is 1. The molecule has 4 nitrogen and oxygen atoms in total. The second-order valence-corrected chi connectivity index (χ2v) is 6.08. The van der Waals surface area contributed by atoms with Gasteiger partial charge in [-0.25, -0.2) is 0 Å². The normalized spacial score (nSPS) is 11.5. The standard InChI is InChI=1S/C14H19ClO4/c1-7-11(17)9(8(16)6-14(2,3)4)12(18)10(15)13(7)19-5/h17-18H,6H2,1-5H3. The van der Waals surface area contributed by atoms with Crippen LogP contribution >= 0.6 is 11.6 Å². The third kappa shape index (κ3) is 3.13. The van der Waals surface area contributed by atoms with E-state index in [1.807, 2.05) is 20.8 Å². The summed E-state index contributed by atoms with van der Waals surface area (Å²) in [5.41, 5.74) is -0.0585. The van der Waals surface area contributed by atoms with Gasteiger partial charge < -0.3 is 14.9 Å². The van der Waals surface area contributed by atoms with Gasteiger partial charge >= 0.3 is 0 Å². The molecule has 2 N–H and O–H groups in total. The molecule has 1 aromatic rings. The first-order chi connectivity index (χ1) is 8.60. The van der Waals surface area contributed by atoms with Gasteiger partial charge in [-0.1, -0.05) is 32.4 Å². The van der Waals surface area contributed by atoms with Crippen molar-refractivity contribution in [3.8, 4) is 17.2 Å². The van der Waals surface area contributed by atoms with E-state index in [0.717, 1.165) is 0 Å². The van der Waals surface area contributed by atoms with Crippen LogP contribution in [-0.4, -0.2) is 23.1 Å². The molecule has 0 aliphatic heterocycles. The molecule has 1 aromatic carbocycles. The number of ketones is 1. The predicted molar refractivity (Wildman–Crippen MR) is 74.5 cm³/mol. The van der Waals surface area contributed by atoms with E-state index in [9.17, 15) is 15.0 Å². The Morgan fingerprint density at radius 2 is 1.79 bits per heavy atom. The summed E-state index contributed by atoms with van der Waals surface area (Å²) in [6, 6.07) is 0. The number of phenols is 2. The molecule has 0 radical (unpaired) electrons. The zero-order valence-electron chi connectivity index (χ0n) is 11.8. The quantitative estimate of drug-likeness (QED) is 0.832. The number of phenolic OH excluding ortho intramolecular Hbond substituents is 2. The van der Waals surface area contributed by atoms with Gasteiger partial charge in [0.2, 0.25) is 0 Å². The molecule has 5 heteroatoms. The van der Waals surface area contributed by atoms with Crippen LogP contribution in [0.5, 0.6) is 17.2 Å². The average molecular weight is 287 g/mol. The lowest BCUT2D eigenvalue weighted by Crippen LogP contribution is -2.14. The number of halogens is 1. The Kier molecular flexibility index (Phi) is 4.35. The van der Waals surface area contributed by atoms with E-state index in [2.05, 4.69) is 0 Å². The number of benzene rings is 1. The number of methoxy groups -OCH3 is 1. The van der Waals surface area contributed by atoms with Gasteiger partial charge in [0.15, 0.2) is 11.5 Å². The van der Waals surface area contributed by atoms with Gasteiger partial charge in [-0.15, -0.1) is 0 Å². The van der Waals surface area contributed by atoms with Crippen molar-refractivity contribution >= 4 is 17.4 Å². The molecule has 0 saturated heterocycles. The number of ether oxygens (including phenoxy) is 1. The van der Waals surface area contributed by atoms with Crippen LogP contribution in [0.4, 0.5) is 0 Å². The van der Waals surface area contributed by atoms with Gasteiger partial charge in [-0.05, 0) is 12.3 Å². The Morgan fingerprint density at radius 3 is 2.21 bits per heavy atom. The number of aromatic hydroxyl groups is 2. The van der Waals surface area contributed by atoms with Gasteiger partial charge in [-0.3, -0.25) is 4.79 Å². The molecule has 0 aliphatic carbocycles. The number of hydrogen-bond acceptors (Lipinski definition) is 4. The van der Waals surface area contributed by atoms with E-state index in [0.29, 0.717) is 5.56 Å². The average Bonchev–Trinajstić information content (AvgIpc) is 2.25. The van der Waals surface area contributed by atoms with Crippen molar-refractivity contribution in [2.75, 3.05) is 7.11 Å². The molecule has 1 rings (SSSR count). The van der Waals surface area contributed by atoms with Crippen LogP contribution in [0.1, 0.15) is 43.1 Å². The Morgan fingerprint density at radius 1 is 1.26 bits per heavy atom. The Hall–Kier alpha value is -1.42. The maximum absolute atomic E-state index is 12.2. The van der Waals surface area contributed by atoms with Crippen LogP contribution in [0.2, 0.25) is 5.02 Å². The minimum atomic E-state index is -0.434. The zero-order chi connectivity index (χ0) is 15.0. The first-order valence-electron chi connectivity index (χ1n) is 5.91. The summed E-state index contributed by atoms with van der Waals surface area (Å²) in [5, 5.41) is 20.0. The monoisotopic (exact) mass is 286 g/mol. The Labute approximate surface area is 118 Å². The first kappa shape index (κ1) is 15.6. The van der Waals surface area contributed by atoms with E-state index < -0.39 is 5.75 Å². The van der Waals surface area contributed by atoms with Crippen molar-refractivity contribution in [3.63, 3.8) is 0 Å². The molecule has 0 fully saturated rings. The summed E-state index contributed by atoms with van der Waals surface area (Å²) in [6.45, 7) is 7.28. The number of Topliss-reactive ketones (excluding diaryl/α,β-unsaturated/α-hetero) is 1. The van der Waals surface area contributed by atoms with Crippen molar-refractivity contribution in [3.05, 3.63) is 16.1 Å². The molecule has 0 atom stereocenters. The smallest absolute Gasteiger partial charge is 0.170 e. The van der Waals surface area contributed by atoms with Gasteiger partial charge in [-0.2, -0.15) is 0 Å². The summed E-state index contributed by atoms with van der Waals surface area (Å²) < 4.78 is 5.01. The highest BCUT2D eigenvalue weighted by molar-refractivity contribution is 6.34. The van der Waals surface area contributed by atoms with E-state index in [1.54, 1.807) is 6.92 Å². The highest BCUT2D eigenvalue weighted by Gasteiger charge is 2.28. The molecule has 0 saturated carbocycles. The molecule has 0 spiro atoms. The lowest BCUT2D eigenvalue weighted by atomic mass is 9.87. The fourth-order valence-electron chi connectivity index (χ4n) is 1.87. The molecule has 0 unspecified atom stereocenters. The zero-order valence-corrected chi connectivity index (χ0v) is 12.6. The Bertz CT molecular complexity index is 486. The summed E-state index contributed by atoms with van der Waals surface area (Å²) in [5.74, 6) is -0.900. The lowest BCUT2D eigenvalue weighted by Gasteiger charge is -2.19. The molecule has 0 amide bonds. The van der Waals surface area contributed by atoms with Crippen molar-refractivity contribution in [2.45, 2.75) is 34.1 Å². The maximum atomic E-state index is 12.2. The van der Waals surface area contributed by atoms with Crippen LogP contribution in [0.25, 0.3) is 0 Å². The molecule has 19 heavy (non-hydrogen) atoms. The van der Waals surface area contributed by atoms with Crippen LogP contribution in [0.3, 0.4) is 0 Å². The third-order valence-corrected chi connectivity index (χ3v) is 3.10. The second kappa shape index (κ2) is 5.29. The summed E-state index contributed by atoms with van der Waals surface area (Å²) in [6.07, 6.45) is 0.191. The fraction of sp³-hybridized carbons (Fsp3) is 0.500. The predicted octanol–water partition coefficient (Wildman–Crippen LogP) is 3.69. The molecular formula is C14H19ClO4. The Balaban J connectivity index is 3.42. The minimum absolute atomic E-state index is 0.0601. The number of carbonyl (C=O) groups is 1. The fourth-order valence-corrected chi connectivity index (χ4v) is 2.18. The number of hydrogen-bond donors (Lipinski definition) is 2. The highest BCUT2D eigenvalue weighted by Crippen LogP contribution is 2.46. The molecule has 0 aromatic heterocycles. The summed E-state index contributed by atoms with van der Waals surface area (Å²) in [7, 11) is 1.38. The lowest BCUT2D eigenvalue weighted by molar-refractivity contribution is 0.0934. The van der Waals surface area contributed by atoms with Crippen molar-refractivity contribution < 1.29 is 19.7 Å². The van der Waals surface area contributed by atoms with Gasteiger partial charge in [0.1, 0.15) is 22.1 Å². The molecule has 0 bridgehead atoms. The second-order valence-electron chi connectivity index (χ2n) is 5.71. The van der Waals surface area contributed by atoms with E-state index in [4.69, 9.17) is 16.3 Å². The summed E-state index contributed by atoms with van der Waals surface area (Å²) in [4.78, 5) is 12.2. The number of rotatable bonds is 3. The van der Waals surface area contributed by atoms with Crippen molar-refractivity contribution in [2.24, 2.45) is 5.41 Å². The van der Waals surface area contributed by atoms with Gasteiger partial charge in [0.25, 0.3) is 0 Å². The molecule has 0 heterocycles. The topological polar surface area (TPSA) is 66.8 Å². The van der Waals surface area contributed by atoms with E-state index >= 15 is 0 Å². The van der Waals surface area contributed by atoms with E-state index in [-0.39, 0.29) is 39.7 Å². The first-order valence-corrected chi connectivity index (χ1v) is 6.29. The van der Waals surface area contributed by atoms with Crippen molar-refractivity contribution in [1.82, 2.24) is 0 Å². The molecule has 106 valence electrons. The summed E-state index contributed by atoms with van der Waals surface area (Å²) >= 11 is 5.95. The minimum Gasteiger partial charge on any atom is -0.507 e. The SMILES string of the molecule is COc1c(C)c(O)c(C(=O)CC(C)(C)C)c(O)c1Cl.